The number of carbonyl (C=O) groups excluding carboxylic acids is 1. The summed E-state index contributed by atoms with van der Waals surface area (Å²) in [5, 5.41) is 8.11. The number of rotatable bonds is 5. The second-order valence-electron chi connectivity index (χ2n) is 7.70. The van der Waals surface area contributed by atoms with E-state index in [1.807, 2.05) is 13.8 Å². The molecule has 4 aromatic rings. The molecule has 0 atom stereocenters. The van der Waals surface area contributed by atoms with E-state index in [2.05, 4.69) is 20.4 Å². The molecule has 0 aliphatic rings. The van der Waals surface area contributed by atoms with Crippen LogP contribution in [-0.4, -0.2) is 36.3 Å². The number of fused-ring (bicyclic) bond motifs is 2. The maximum atomic E-state index is 13.0. The minimum absolute atomic E-state index is 0.0323. The number of imidazole rings is 1. The van der Waals surface area contributed by atoms with Gasteiger partial charge in [-0.2, -0.15) is 18.3 Å². The molecule has 1 amide bonds. The van der Waals surface area contributed by atoms with Crippen LogP contribution in [0, 0.1) is 0 Å². The van der Waals surface area contributed by atoms with E-state index in [0.717, 1.165) is 17.5 Å². The van der Waals surface area contributed by atoms with Crippen molar-refractivity contribution in [3.63, 3.8) is 0 Å². The number of nitrogens with zero attached hydrogens (tertiary/aromatic N) is 5. The highest BCUT2D eigenvalue weighted by molar-refractivity contribution is 5.86. The Labute approximate surface area is 175 Å². The van der Waals surface area contributed by atoms with Gasteiger partial charge in [0.05, 0.1) is 40.8 Å². The van der Waals surface area contributed by atoms with Gasteiger partial charge >= 0.3 is 6.18 Å². The number of pyridine rings is 1. The first-order valence-corrected chi connectivity index (χ1v) is 9.75. The average molecular weight is 430 g/mol. The predicted molar refractivity (Wildman–Crippen MR) is 109 cm³/mol. The van der Waals surface area contributed by atoms with Crippen LogP contribution < -0.4 is 5.32 Å². The van der Waals surface area contributed by atoms with Crippen molar-refractivity contribution >= 4 is 27.8 Å². The van der Waals surface area contributed by atoms with Gasteiger partial charge in [-0.05, 0) is 38.1 Å². The number of hydrogen-bond acceptors (Lipinski definition) is 4. The molecule has 3 heterocycles. The van der Waals surface area contributed by atoms with Crippen LogP contribution >= 0.6 is 0 Å². The Morgan fingerprint density at radius 1 is 1.19 bits per heavy atom. The fourth-order valence-electron chi connectivity index (χ4n) is 3.51. The average Bonchev–Trinajstić information content (AvgIpc) is 3.22. The van der Waals surface area contributed by atoms with Gasteiger partial charge in [-0.15, -0.1) is 0 Å². The molecule has 0 bridgehead atoms. The molecule has 0 unspecified atom stereocenters. The molecule has 0 saturated carbocycles. The van der Waals surface area contributed by atoms with Gasteiger partial charge in [-0.3, -0.25) is 14.5 Å². The number of aryl methyl sites for hydroxylation is 1. The van der Waals surface area contributed by atoms with Crippen molar-refractivity contribution in [2.45, 2.75) is 39.0 Å². The summed E-state index contributed by atoms with van der Waals surface area (Å²) in [7, 11) is 1.75. The highest BCUT2D eigenvalue weighted by Crippen LogP contribution is 2.31. The van der Waals surface area contributed by atoms with E-state index in [4.69, 9.17) is 0 Å². The Morgan fingerprint density at radius 2 is 1.97 bits per heavy atom. The van der Waals surface area contributed by atoms with Crippen molar-refractivity contribution < 1.29 is 18.0 Å². The first-order chi connectivity index (χ1) is 14.6. The van der Waals surface area contributed by atoms with Crippen molar-refractivity contribution in [3.8, 4) is 0 Å². The molecule has 1 N–H and O–H groups in total. The Hall–Kier alpha value is -3.43. The Kier molecular flexibility index (Phi) is 5.16. The fraction of sp³-hybridized carbons (Fsp3) is 0.333. The molecule has 1 aromatic carbocycles. The van der Waals surface area contributed by atoms with Crippen molar-refractivity contribution in [1.29, 1.82) is 0 Å². The van der Waals surface area contributed by atoms with Crippen LogP contribution in [0.5, 0.6) is 0 Å². The lowest BCUT2D eigenvalue weighted by Crippen LogP contribution is -2.31. The van der Waals surface area contributed by atoms with Crippen LogP contribution in [0.15, 0.2) is 36.7 Å². The molecule has 0 radical (unpaired) electrons. The zero-order chi connectivity index (χ0) is 22.3. The smallest absolute Gasteiger partial charge is 0.354 e. The quantitative estimate of drug-likeness (QED) is 0.526. The van der Waals surface area contributed by atoms with E-state index in [1.54, 1.807) is 34.8 Å². The zero-order valence-electron chi connectivity index (χ0n) is 17.2. The van der Waals surface area contributed by atoms with Crippen LogP contribution in [0.1, 0.15) is 30.9 Å². The van der Waals surface area contributed by atoms with E-state index >= 15 is 0 Å². The monoisotopic (exact) mass is 430 g/mol. The number of amides is 1. The molecule has 0 aliphatic carbocycles. The minimum atomic E-state index is -4.42. The lowest BCUT2D eigenvalue weighted by molar-refractivity contribution is -0.137. The van der Waals surface area contributed by atoms with Gasteiger partial charge in [0.2, 0.25) is 5.91 Å². The minimum Gasteiger partial charge on any atom is -0.354 e. The standard InChI is InChI=1S/C21H21F3N6O/c1-12(2)26-20(31)9-16-14-10-30(28-15(14)6-7-25-16)11-19-27-17-8-13(21(22,23)24)4-5-18(17)29(19)3/h4-8,10,12H,9,11H2,1-3H3,(H,26,31). The molecular formula is C21H21F3N6O. The van der Waals surface area contributed by atoms with Crippen molar-refractivity contribution in [1.82, 2.24) is 29.6 Å². The summed E-state index contributed by atoms with van der Waals surface area (Å²) in [4.78, 5) is 20.8. The van der Waals surface area contributed by atoms with Crippen LogP contribution in [0.2, 0.25) is 0 Å². The third-order valence-electron chi connectivity index (χ3n) is 4.95. The molecule has 7 nitrogen and oxygen atoms in total. The normalized spacial score (nSPS) is 12.2. The van der Waals surface area contributed by atoms with Crippen LogP contribution in [0.3, 0.4) is 0 Å². The number of benzene rings is 1. The molecule has 0 saturated heterocycles. The SMILES string of the molecule is CC(C)NC(=O)Cc1nccc2nn(Cc3nc4cc(C(F)(F)F)ccc4n3C)cc12. The van der Waals surface area contributed by atoms with Crippen LogP contribution in [0.4, 0.5) is 13.2 Å². The van der Waals surface area contributed by atoms with Crippen LogP contribution in [0.25, 0.3) is 21.9 Å². The molecule has 0 fully saturated rings. The van der Waals surface area contributed by atoms with Crippen LogP contribution in [-0.2, 0) is 31.0 Å². The molecule has 31 heavy (non-hydrogen) atoms. The molecule has 162 valence electrons. The third kappa shape index (κ3) is 4.23. The number of nitrogens with one attached hydrogen (secondary N) is 1. The summed E-state index contributed by atoms with van der Waals surface area (Å²) < 4.78 is 42.4. The summed E-state index contributed by atoms with van der Waals surface area (Å²) in [6.45, 7) is 4.04. The van der Waals surface area contributed by atoms with E-state index in [-0.39, 0.29) is 30.4 Å². The second kappa shape index (κ2) is 7.68. The molecular weight excluding hydrogens is 409 g/mol. The summed E-state index contributed by atoms with van der Waals surface area (Å²) in [5.41, 5.74) is 1.44. The van der Waals surface area contributed by atoms with Gasteiger partial charge in [-0.25, -0.2) is 4.98 Å². The maximum absolute atomic E-state index is 13.0. The van der Waals surface area contributed by atoms with Gasteiger partial charge < -0.3 is 9.88 Å². The molecule has 0 spiro atoms. The Morgan fingerprint density at radius 3 is 2.68 bits per heavy atom. The molecule has 10 heteroatoms. The van der Waals surface area contributed by atoms with E-state index in [1.165, 1.54) is 6.07 Å². The maximum Gasteiger partial charge on any atom is 0.416 e. The summed E-state index contributed by atoms with van der Waals surface area (Å²) in [6.07, 6.45) is -0.906. The van der Waals surface area contributed by atoms with Crippen molar-refractivity contribution in [3.05, 3.63) is 53.7 Å². The summed E-state index contributed by atoms with van der Waals surface area (Å²) >= 11 is 0. The number of alkyl halides is 3. The van der Waals surface area contributed by atoms with Gasteiger partial charge in [0.25, 0.3) is 0 Å². The van der Waals surface area contributed by atoms with Gasteiger partial charge in [0.15, 0.2) is 0 Å². The summed E-state index contributed by atoms with van der Waals surface area (Å²) in [6, 6.07) is 5.30. The largest absolute Gasteiger partial charge is 0.416 e. The highest BCUT2D eigenvalue weighted by Gasteiger charge is 2.31. The third-order valence-corrected chi connectivity index (χ3v) is 4.95. The van der Waals surface area contributed by atoms with Crippen molar-refractivity contribution in [2.24, 2.45) is 7.05 Å². The first kappa shape index (κ1) is 20.8. The second-order valence-corrected chi connectivity index (χ2v) is 7.70. The van der Waals surface area contributed by atoms with E-state index in [0.29, 0.717) is 22.6 Å². The lowest BCUT2D eigenvalue weighted by atomic mass is 10.2. The van der Waals surface area contributed by atoms with E-state index < -0.39 is 11.7 Å². The molecule has 4 rings (SSSR count). The highest BCUT2D eigenvalue weighted by atomic mass is 19.4. The number of carbonyl (C=O) groups is 1. The zero-order valence-corrected chi connectivity index (χ0v) is 17.2. The predicted octanol–water partition coefficient (Wildman–Crippen LogP) is 3.45. The number of hydrogen-bond donors (Lipinski definition) is 1. The fourth-order valence-corrected chi connectivity index (χ4v) is 3.51. The molecule has 3 aromatic heterocycles. The van der Waals surface area contributed by atoms with E-state index in [9.17, 15) is 18.0 Å². The number of aromatic nitrogens is 5. The van der Waals surface area contributed by atoms with Gasteiger partial charge in [-0.1, -0.05) is 0 Å². The lowest BCUT2D eigenvalue weighted by Gasteiger charge is -2.07. The molecule has 0 aliphatic heterocycles. The Bertz CT molecular complexity index is 1270. The topological polar surface area (TPSA) is 77.6 Å². The van der Waals surface area contributed by atoms with Gasteiger partial charge in [0, 0.05) is 30.9 Å². The summed E-state index contributed by atoms with van der Waals surface area (Å²) in [5.74, 6) is 0.438. The van der Waals surface area contributed by atoms with Crippen molar-refractivity contribution in [2.75, 3.05) is 0 Å². The number of halogens is 3. The Balaban J connectivity index is 1.64. The first-order valence-electron chi connectivity index (χ1n) is 9.75. The van der Waals surface area contributed by atoms with Gasteiger partial charge in [0.1, 0.15) is 5.82 Å².